The summed E-state index contributed by atoms with van der Waals surface area (Å²) >= 11 is 6.04. The molecular weight excluding hydrogens is 586 g/mol. The summed E-state index contributed by atoms with van der Waals surface area (Å²) in [4.78, 5) is 58.2. The third-order valence-corrected chi connectivity index (χ3v) is 9.38. The zero-order valence-corrected chi connectivity index (χ0v) is 25.6. The fraction of sp³-hybridized carbons (Fsp3) is 0.607. The number of alkyl carbamates (subject to hydrolysis) is 1. The van der Waals surface area contributed by atoms with Crippen LogP contribution in [0.3, 0.4) is 0 Å². The smallest absolute Gasteiger partial charge is 0.408 e. The SMILES string of the molecule is CC(C)(C)OC(=O)N[C@H]1CCCCC/C=C\[C@H]2C[C@@]2(C(=O)NS(=O)(=O)c2cnccc2Cl)NC(=O)[C@@H]2CCCN2C1=O. The van der Waals surface area contributed by atoms with Crippen LogP contribution < -0.4 is 15.4 Å². The number of ether oxygens (including phenoxy) is 1. The van der Waals surface area contributed by atoms with Gasteiger partial charge in [0.2, 0.25) is 11.8 Å². The zero-order chi connectivity index (χ0) is 30.7. The molecule has 3 aliphatic rings. The van der Waals surface area contributed by atoms with Gasteiger partial charge < -0.3 is 20.3 Å². The normalized spacial score (nSPS) is 27.8. The molecule has 0 aromatic carbocycles. The monoisotopic (exact) mass is 623 g/mol. The topological polar surface area (TPSA) is 164 Å². The van der Waals surface area contributed by atoms with Crippen LogP contribution in [0.5, 0.6) is 0 Å². The minimum absolute atomic E-state index is 0.101. The van der Waals surface area contributed by atoms with Gasteiger partial charge in [-0.1, -0.05) is 36.6 Å². The van der Waals surface area contributed by atoms with E-state index in [1.807, 2.05) is 12.2 Å². The van der Waals surface area contributed by atoms with Gasteiger partial charge in [0.15, 0.2) is 0 Å². The van der Waals surface area contributed by atoms with Crippen LogP contribution >= 0.6 is 11.6 Å². The van der Waals surface area contributed by atoms with Gasteiger partial charge >= 0.3 is 6.09 Å². The molecule has 230 valence electrons. The average Bonchev–Trinajstić information content (AvgIpc) is 3.35. The van der Waals surface area contributed by atoms with E-state index in [-0.39, 0.29) is 16.3 Å². The number of halogens is 1. The lowest BCUT2D eigenvalue weighted by molar-refractivity contribution is -0.141. The maximum Gasteiger partial charge on any atom is 0.408 e. The number of carbonyl (C=O) groups excluding carboxylic acids is 4. The molecule has 1 aromatic rings. The quantitative estimate of drug-likeness (QED) is 0.431. The second kappa shape index (κ2) is 12.6. The van der Waals surface area contributed by atoms with Crippen LogP contribution in [0, 0.1) is 5.92 Å². The predicted molar refractivity (Wildman–Crippen MR) is 154 cm³/mol. The van der Waals surface area contributed by atoms with E-state index in [1.54, 1.807) is 20.8 Å². The van der Waals surface area contributed by atoms with Crippen molar-refractivity contribution in [1.82, 2.24) is 25.2 Å². The first kappa shape index (κ1) is 31.7. The molecule has 14 heteroatoms. The minimum atomic E-state index is -4.38. The van der Waals surface area contributed by atoms with Crippen molar-refractivity contribution >= 4 is 45.4 Å². The van der Waals surface area contributed by atoms with Crippen molar-refractivity contribution < 1.29 is 32.3 Å². The number of sulfonamides is 1. The van der Waals surface area contributed by atoms with Crippen molar-refractivity contribution in [1.29, 1.82) is 0 Å². The number of nitrogens with zero attached hydrogens (tertiary/aromatic N) is 2. The largest absolute Gasteiger partial charge is 0.444 e. The van der Waals surface area contributed by atoms with Crippen molar-refractivity contribution in [2.45, 2.75) is 100 Å². The number of allylic oxidation sites excluding steroid dienone is 1. The Labute approximate surface area is 251 Å². The van der Waals surface area contributed by atoms with Crippen LogP contribution in [-0.2, 0) is 29.1 Å². The number of aromatic nitrogens is 1. The van der Waals surface area contributed by atoms with Crippen molar-refractivity contribution in [3.8, 4) is 0 Å². The van der Waals surface area contributed by atoms with Gasteiger partial charge in [-0.05, 0) is 65.4 Å². The van der Waals surface area contributed by atoms with E-state index in [2.05, 4.69) is 20.3 Å². The van der Waals surface area contributed by atoms with Crippen LogP contribution in [0.1, 0.15) is 72.1 Å². The average molecular weight is 624 g/mol. The molecule has 0 radical (unpaired) electrons. The van der Waals surface area contributed by atoms with E-state index in [0.717, 1.165) is 19.0 Å². The Kier molecular flexibility index (Phi) is 9.51. The number of hydrogen-bond donors (Lipinski definition) is 3. The predicted octanol–water partition coefficient (Wildman–Crippen LogP) is 2.82. The van der Waals surface area contributed by atoms with Crippen molar-refractivity contribution in [3.05, 3.63) is 35.6 Å². The number of fused-ring (bicyclic) bond motifs is 2. The summed E-state index contributed by atoms with van der Waals surface area (Å²) in [6.45, 7) is 5.49. The molecule has 4 rings (SSSR count). The summed E-state index contributed by atoms with van der Waals surface area (Å²) in [5, 5.41) is 5.37. The van der Waals surface area contributed by atoms with Crippen molar-refractivity contribution in [2.75, 3.05) is 6.54 Å². The third-order valence-electron chi connectivity index (χ3n) is 7.58. The fourth-order valence-electron chi connectivity index (χ4n) is 5.37. The van der Waals surface area contributed by atoms with Gasteiger partial charge in [-0.2, -0.15) is 0 Å². The van der Waals surface area contributed by atoms with Crippen LogP contribution in [0.4, 0.5) is 4.79 Å². The zero-order valence-electron chi connectivity index (χ0n) is 24.0. The lowest BCUT2D eigenvalue weighted by atomic mass is 10.0. The summed E-state index contributed by atoms with van der Waals surface area (Å²) in [6, 6.07) is -0.469. The van der Waals surface area contributed by atoms with Crippen molar-refractivity contribution in [2.24, 2.45) is 5.92 Å². The molecule has 0 unspecified atom stereocenters. The highest BCUT2D eigenvalue weighted by Gasteiger charge is 2.61. The molecule has 1 saturated heterocycles. The van der Waals surface area contributed by atoms with Crippen LogP contribution in [0.15, 0.2) is 35.5 Å². The molecule has 3 N–H and O–H groups in total. The molecule has 1 saturated carbocycles. The van der Waals surface area contributed by atoms with E-state index < -0.39 is 63.0 Å². The van der Waals surface area contributed by atoms with Gasteiger partial charge in [-0.25, -0.2) is 17.9 Å². The highest BCUT2D eigenvalue weighted by atomic mass is 35.5. The number of pyridine rings is 1. The standard InChI is InChI=1S/C28H38ClN5O7S/c1-27(2,3)41-26(38)31-20-11-8-6-4-5-7-10-18-16-28(18,32-23(35)21-12-9-15-34(21)24(20)36)25(37)33-42(39,40)22-17-30-14-13-19(22)29/h7,10,13-14,17-18,20-21H,4-6,8-9,11-12,15-16H2,1-3H3,(H,31,38)(H,32,35)(H,33,37)/b10-7-/t18-,20-,21-,28+/m0/s1. The molecule has 0 spiro atoms. The number of rotatable bonds is 4. The van der Waals surface area contributed by atoms with Gasteiger partial charge in [0.05, 0.1) is 5.02 Å². The lowest BCUT2D eigenvalue weighted by Crippen LogP contribution is -2.58. The molecule has 42 heavy (non-hydrogen) atoms. The highest BCUT2D eigenvalue weighted by molar-refractivity contribution is 7.90. The van der Waals surface area contributed by atoms with E-state index in [0.29, 0.717) is 38.6 Å². The summed E-state index contributed by atoms with van der Waals surface area (Å²) in [6.07, 6.45) is 9.86. The number of carbonyl (C=O) groups is 4. The van der Waals surface area contributed by atoms with Gasteiger partial charge in [0.1, 0.15) is 28.1 Å². The Morgan fingerprint density at radius 1 is 1.17 bits per heavy atom. The molecule has 2 aliphatic heterocycles. The first-order valence-corrected chi connectivity index (χ1v) is 16.0. The molecule has 3 heterocycles. The van der Waals surface area contributed by atoms with Crippen LogP contribution in [0.2, 0.25) is 5.02 Å². The Balaban J connectivity index is 1.57. The second-order valence-corrected chi connectivity index (χ2v) is 14.0. The Bertz CT molecular complexity index is 1360. The van der Waals surface area contributed by atoms with Gasteiger partial charge in [0.25, 0.3) is 15.9 Å². The van der Waals surface area contributed by atoms with E-state index in [9.17, 15) is 27.6 Å². The van der Waals surface area contributed by atoms with Crippen molar-refractivity contribution in [3.63, 3.8) is 0 Å². The van der Waals surface area contributed by atoms with E-state index in [1.165, 1.54) is 17.2 Å². The summed E-state index contributed by atoms with van der Waals surface area (Å²) in [5.41, 5.74) is -2.26. The van der Waals surface area contributed by atoms with Gasteiger partial charge in [-0.3, -0.25) is 19.4 Å². The first-order chi connectivity index (χ1) is 19.7. The second-order valence-electron chi connectivity index (χ2n) is 12.0. The van der Waals surface area contributed by atoms with Crippen LogP contribution in [0.25, 0.3) is 0 Å². The number of amides is 4. The molecule has 1 aromatic heterocycles. The third kappa shape index (κ3) is 7.41. The van der Waals surface area contributed by atoms with Crippen LogP contribution in [-0.4, -0.2) is 71.9 Å². The molecule has 4 atom stereocenters. The molecule has 4 amide bonds. The molecular formula is C28H38ClN5O7S. The lowest BCUT2D eigenvalue weighted by Gasteiger charge is -2.30. The Hall–Kier alpha value is -3.19. The van der Waals surface area contributed by atoms with Gasteiger partial charge in [-0.15, -0.1) is 0 Å². The minimum Gasteiger partial charge on any atom is -0.444 e. The maximum atomic E-state index is 13.7. The van der Waals surface area contributed by atoms with E-state index in [4.69, 9.17) is 16.3 Å². The number of nitrogens with one attached hydrogen (secondary N) is 3. The summed E-state index contributed by atoms with van der Waals surface area (Å²) < 4.78 is 33.4. The first-order valence-electron chi connectivity index (χ1n) is 14.2. The molecule has 1 aliphatic carbocycles. The Morgan fingerprint density at radius 2 is 1.93 bits per heavy atom. The molecule has 12 nitrogen and oxygen atoms in total. The van der Waals surface area contributed by atoms with Gasteiger partial charge in [0, 0.05) is 24.9 Å². The summed E-state index contributed by atoms with van der Waals surface area (Å²) in [7, 11) is -4.38. The maximum absolute atomic E-state index is 13.7. The summed E-state index contributed by atoms with van der Waals surface area (Å²) in [5.74, 6) is -2.28. The number of hydrogen-bond acceptors (Lipinski definition) is 8. The highest BCUT2D eigenvalue weighted by Crippen LogP contribution is 2.46. The molecule has 2 fully saturated rings. The van der Waals surface area contributed by atoms with E-state index >= 15 is 0 Å². The molecule has 0 bridgehead atoms. The Morgan fingerprint density at radius 3 is 2.64 bits per heavy atom. The fourth-order valence-corrected chi connectivity index (χ4v) is 6.84.